The summed E-state index contributed by atoms with van der Waals surface area (Å²) in [5.74, 6) is 1.03. The molecule has 0 aliphatic rings. The van der Waals surface area contributed by atoms with Crippen LogP contribution in [-0.4, -0.2) is 36.2 Å². The summed E-state index contributed by atoms with van der Waals surface area (Å²) in [6.07, 6.45) is 0. The molecule has 0 unspecified atom stereocenters. The van der Waals surface area contributed by atoms with Gasteiger partial charge >= 0.3 is 22.6 Å². The van der Waals surface area contributed by atoms with Gasteiger partial charge in [-0.05, 0) is 45.9 Å². The molecule has 0 saturated heterocycles. The van der Waals surface area contributed by atoms with E-state index in [0.717, 1.165) is 0 Å². The van der Waals surface area contributed by atoms with E-state index in [1.165, 1.54) is 23.6 Å². The van der Waals surface area contributed by atoms with Gasteiger partial charge < -0.3 is 9.47 Å². The Morgan fingerprint density at radius 3 is 1.50 bits per heavy atom. The van der Waals surface area contributed by atoms with Crippen LogP contribution in [0.2, 0.25) is 0 Å². The van der Waals surface area contributed by atoms with Gasteiger partial charge in [-0.15, -0.1) is 10.2 Å². The molecule has 12 nitrogen and oxygen atoms in total. The number of rotatable bonds is 7. The van der Waals surface area contributed by atoms with E-state index >= 15 is 0 Å². The summed E-state index contributed by atoms with van der Waals surface area (Å²) in [4.78, 5) is 24.8. The van der Waals surface area contributed by atoms with E-state index in [1.54, 1.807) is 62.4 Å². The van der Waals surface area contributed by atoms with Gasteiger partial charge in [-0.3, -0.25) is 9.05 Å². The Morgan fingerprint density at radius 2 is 1.12 bits per heavy atom. The van der Waals surface area contributed by atoms with Crippen LogP contribution in [0.15, 0.2) is 77.4 Å². The smallest absolute Gasteiger partial charge is 0.437 e. The van der Waals surface area contributed by atoms with E-state index < -0.39 is 11.3 Å². The zero-order valence-corrected chi connectivity index (χ0v) is 18.9. The van der Waals surface area contributed by atoms with Crippen molar-refractivity contribution in [2.24, 2.45) is 10.2 Å². The minimum absolute atomic E-state index is 0.111. The highest BCUT2D eigenvalue weighted by Crippen LogP contribution is 2.18. The van der Waals surface area contributed by atoms with Crippen LogP contribution >= 0.6 is 0 Å². The molecule has 174 valence electrons. The molecule has 34 heavy (non-hydrogen) atoms. The first kappa shape index (κ1) is 22.5. The molecular formula is C22H22N6O6+2. The van der Waals surface area contributed by atoms with Gasteiger partial charge in [0, 0.05) is 12.1 Å². The quantitative estimate of drug-likeness (QED) is 0.237. The van der Waals surface area contributed by atoms with Gasteiger partial charge in [-0.1, -0.05) is 24.3 Å². The Bertz CT molecular complexity index is 1390. The predicted octanol–water partition coefficient (Wildman–Crippen LogP) is 1.05. The summed E-state index contributed by atoms with van der Waals surface area (Å²) in [5.41, 5.74) is 0.492. The van der Waals surface area contributed by atoms with Crippen molar-refractivity contribution < 1.29 is 27.9 Å². The van der Waals surface area contributed by atoms with E-state index in [1.807, 2.05) is 0 Å². The Kier molecular flexibility index (Phi) is 6.21. The highest BCUT2D eigenvalue weighted by atomic mass is 16.5. The van der Waals surface area contributed by atoms with Crippen LogP contribution in [0.5, 0.6) is 11.5 Å². The molecule has 0 fully saturated rings. The number of aromatic amines is 2. The highest BCUT2D eigenvalue weighted by Gasteiger charge is 2.31. The molecule has 0 atom stereocenters. The fourth-order valence-electron chi connectivity index (χ4n) is 3.38. The first-order valence-corrected chi connectivity index (χ1v) is 10.1. The van der Waals surface area contributed by atoms with Crippen molar-refractivity contribution in [1.29, 1.82) is 0 Å². The summed E-state index contributed by atoms with van der Waals surface area (Å²) >= 11 is 0. The first-order valence-electron chi connectivity index (χ1n) is 10.1. The van der Waals surface area contributed by atoms with Gasteiger partial charge in [-0.25, -0.2) is 9.59 Å². The van der Waals surface area contributed by atoms with Crippen molar-refractivity contribution in [2.45, 2.75) is 13.8 Å². The molecule has 0 aliphatic carbocycles. The number of hydrogen-bond donors (Lipinski definition) is 2. The van der Waals surface area contributed by atoms with E-state index in [-0.39, 0.29) is 22.8 Å². The van der Waals surface area contributed by atoms with Gasteiger partial charge in [0.25, 0.3) is 11.4 Å². The lowest BCUT2D eigenvalue weighted by Crippen LogP contribution is -2.41. The van der Waals surface area contributed by atoms with Crippen LogP contribution in [-0.2, 0) is 0 Å². The standard InChI is InChI=1S/C22H21N6O6/c1-13(19-21(29)33-25-27(19)15-9-5-7-11-17(15)31-3)23-24-14(2)20-22(30)34-26-28(20)16-10-6-8-12-18(16)32-4/h5-12,25H,1-4H3/q+1/p+1. The molecule has 2 heterocycles. The molecule has 4 aromatic rings. The second-order valence-corrected chi connectivity index (χ2v) is 7.04. The van der Waals surface area contributed by atoms with Gasteiger partial charge in [0.1, 0.15) is 11.4 Å². The molecule has 12 heteroatoms. The molecule has 0 radical (unpaired) electrons. The molecule has 0 amide bonds. The van der Waals surface area contributed by atoms with Crippen LogP contribution in [0.1, 0.15) is 25.2 Å². The van der Waals surface area contributed by atoms with Crippen LogP contribution in [0, 0.1) is 0 Å². The third-order valence-corrected chi connectivity index (χ3v) is 4.98. The summed E-state index contributed by atoms with van der Waals surface area (Å²) < 4.78 is 23.5. The molecule has 4 rings (SSSR count). The fraction of sp³-hybridized carbons (Fsp3) is 0.182. The van der Waals surface area contributed by atoms with Crippen molar-refractivity contribution in [3.63, 3.8) is 0 Å². The van der Waals surface area contributed by atoms with Crippen LogP contribution in [0.25, 0.3) is 11.4 Å². The first-order chi connectivity index (χ1) is 16.5. The second kappa shape index (κ2) is 9.40. The van der Waals surface area contributed by atoms with Crippen molar-refractivity contribution in [3.05, 3.63) is 80.8 Å². The maximum atomic E-state index is 12.4. The number of H-pyrrole nitrogens is 2. The van der Waals surface area contributed by atoms with Crippen LogP contribution < -0.4 is 30.1 Å². The van der Waals surface area contributed by atoms with E-state index in [0.29, 0.717) is 22.9 Å². The molecular weight excluding hydrogens is 444 g/mol. The average molecular weight is 466 g/mol. The molecule has 2 aromatic heterocycles. The maximum Gasteiger partial charge on any atom is 0.437 e. The Morgan fingerprint density at radius 1 is 0.735 bits per heavy atom. The fourth-order valence-corrected chi connectivity index (χ4v) is 3.38. The molecule has 2 N–H and O–H groups in total. The maximum absolute atomic E-state index is 12.4. The lowest BCUT2D eigenvalue weighted by atomic mass is 10.2. The predicted molar refractivity (Wildman–Crippen MR) is 119 cm³/mol. The van der Waals surface area contributed by atoms with Crippen molar-refractivity contribution in [3.8, 4) is 22.9 Å². The van der Waals surface area contributed by atoms with Crippen molar-refractivity contribution in [2.75, 3.05) is 14.2 Å². The van der Waals surface area contributed by atoms with Gasteiger partial charge in [0.2, 0.25) is 0 Å². The SMILES string of the molecule is COc1ccccc1-[n+]1[nH]oc(=O)c1/C(C)=N/N=C(\C)c1c(=O)o[nH][n+]1-c1ccccc1OC. The lowest BCUT2D eigenvalue weighted by molar-refractivity contribution is -0.672. The van der Waals surface area contributed by atoms with Crippen LogP contribution in [0.3, 0.4) is 0 Å². The largest absolute Gasteiger partial charge is 0.490 e. The molecule has 0 aliphatic heterocycles. The Labute approximate surface area is 192 Å². The molecule has 0 bridgehead atoms. The summed E-state index contributed by atoms with van der Waals surface area (Å²) in [6.45, 7) is 3.19. The van der Waals surface area contributed by atoms with Gasteiger partial charge in [0.15, 0.2) is 11.5 Å². The van der Waals surface area contributed by atoms with Crippen molar-refractivity contribution in [1.82, 2.24) is 10.5 Å². The normalized spacial score (nSPS) is 12.1. The monoisotopic (exact) mass is 466 g/mol. The van der Waals surface area contributed by atoms with Gasteiger partial charge in [-0.2, -0.15) is 0 Å². The summed E-state index contributed by atoms with van der Waals surface area (Å²) in [5, 5.41) is 13.4. The number of para-hydroxylation sites is 4. The van der Waals surface area contributed by atoms with Crippen molar-refractivity contribution >= 4 is 11.4 Å². The molecule has 0 saturated carbocycles. The Hall–Kier alpha value is -4.74. The number of benzene rings is 2. The summed E-state index contributed by atoms with van der Waals surface area (Å²) in [7, 11) is 3.04. The number of aromatic nitrogens is 4. The van der Waals surface area contributed by atoms with E-state index in [2.05, 4.69) is 20.7 Å². The van der Waals surface area contributed by atoms with E-state index in [9.17, 15) is 9.59 Å². The minimum Gasteiger partial charge on any atom is -0.490 e. The number of ether oxygens (including phenoxy) is 2. The number of nitrogens with one attached hydrogen (secondary N) is 2. The number of hydrogen-bond acceptors (Lipinski definition) is 8. The third kappa shape index (κ3) is 4.03. The van der Waals surface area contributed by atoms with E-state index in [4.69, 9.17) is 18.5 Å². The van der Waals surface area contributed by atoms with Crippen LogP contribution in [0.4, 0.5) is 0 Å². The van der Waals surface area contributed by atoms with Gasteiger partial charge in [0.05, 0.1) is 14.2 Å². The topological polar surface area (TPSA) is 143 Å². The highest BCUT2D eigenvalue weighted by molar-refractivity contribution is 5.98. The molecule has 0 spiro atoms. The number of methoxy groups -OCH3 is 2. The average Bonchev–Trinajstić information content (AvgIpc) is 3.44. The third-order valence-electron chi connectivity index (χ3n) is 4.98. The summed E-state index contributed by atoms with van der Waals surface area (Å²) in [6, 6.07) is 14.2. The molecule has 2 aromatic carbocycles. The zero-order valence-electron chi connectivity index (χ0n) is 18.9. The minimum atomic E-state index is -0.648. The zero-order chi connectivity index (χ0) is 24.2. The second-order valence-electron chi connectivity index (χ2n) is 7.04. The lowest BCUT2D eigenvalue weighted by Gasteiger charge is -2.01. The number of nitrogens with zero attached hydrogens (tertiary/aromatic N) is 4. The Balaban J connectivity index is 1.77.